The van der Waals surface area contributed by atoms with E-state index < -0.39 is 0 Å². The molecule has 0 aliphatic heterocycles. The van der Waals surface area contributed by atoms with Gasteiger partial charge in [0.05, 0.1) is 5.02 Å². The van der Waals surface area contributed by atoms with Crippen molar-refractivity contribution < 1.29 is 9.21 Å². The molecule has 0 radical (unpaired) electrons. The van der Waals surface area contributed by atoms with Gasteiger partial charge in [-0.25, -0.2) is 0 Å². The summed E-state index contributed by atoms with van der Waals surface area (Å²) in [6.45, 7) is 3.82. The molecule has 1 heterocycles. The van der Waals surface area contributed by atoms with Crippen LogP contribution in [0.2, 0.25) is 5.02 Å². The molecule has 0 spiro atoms. The molecule has 0 aliphatic carbocycles. The van der Waals surface area contributed by atoms with E-state index in [1.807, 2.05) is 44.2 Å². The SMILES string of the molecule is Cc1cc(NC(=O)c2oc3c(Cl)cccc3c2C)ccc1Br. The molecule has 3 nitrogen and oxygen atoms in total. The predicted molar refractivity (Wildman–Crippen MR) is 92.8 cm³/mol. The van der Waals surface area contributed by atoms with Crippen molar-refractivity contribution in [2.75, 3.05) is 5.32 Å². The molecule has 1 N–H and O–H groups in total. The third-order valence-electron chi connectivity index (χ3n) is 3.54. The van der Waals surface area contributed by atoms with E-state index >= 15 is 0 Å². The van der Waals surface area contributed by atoms with Crippen molar-refractivity contribution in [3.05, 3.63) is 62.8 Å². The molecule has 22 heavy (non-hydrogen) atoms. The minimum Gasteiger partial charge on any atom is -0.449 e. The van der Waals surface area contributed by atoms with Crippen molar-refractivity contribution >= 4 is 50.1 Å². The Morgan fingerprint density at radius 2 is 2.00 bits per heavy atom. The molecule has 3 rings (SSSR count). The van der Waals surface area contributed by atoms with Crippen LogP contribution in [0.25, 0.3) is 11.0 Å². The topological polar surface area (TPSA) is 42.2 Å². The second kappa shape index (κ2) is 5.78. The van der Waals surface area contributed by atoms with E-state index in [9.17, 15) is 4.79 Å². The first-order valence-corrected chi connectivity index (χ1v) is 7.89. The molecule has 0 bridgehead atoms. The Balaban J connectivity index is 1.97. The van der Waals surface area contributed by atoms with Crippen molar-refractivity contribution in [1.29, 1.82) is 0 Å². The lowest BCUT2D eigenvalue weighted by atomic mass is 10.1. The molecular formula is C17H13BrClNO2. The molecule has 3 aromatic rings. The zero-order valence-corrected chi connectivity index (χ0v) is 14.4. The van der Waals surface area contributed by atoms with Gasteiger partial charge >= 0.3 is 0 Å². The Morgan fingerprint density at radius 3 is 2.68 bits per heavy atom. The summed E-state index contributed by atoms with van der Waals surface area (Å²) in [6.07, 6.45) is 0. The number of aryl methyl sites for hydroxylation is 2. The highest BCUT2D eigenvalue weighted by molar-refractivity contribution is 9.10. The van der Waals surface area contributed by atoms with Crippen molar-refractivity contribution in [2.45, 2.75) is 13.8 Å². The third kappa shape index (κ3) is 2.64. The van der Waals surface area contributed by atoms with Crippen molar-refractivity contribution in [3.63, 3.8) is 0 Å². The van der Waals surface area contributed by atoms with Gasteiger partial charge < -0.3 is 9.73 Å². The van der Waals surface area contributed by atoms with Gasteiger partial charge in [-0.3, -0.25) is 4.79 Å². The number of hydrogen-bond acceptors (Lipinski definition) is 2. The van der Waals surface area contributed by atoms with Crippen LogP contribution in [-0.2, 0) is 0 Å². The molecule has 0 aliphatic rings. The minimum absolute atomic E-state index is 0.281. The van der Waals surface area contributed by atoms with E-state index in [1.54, 1.807) is 6.07 Å². The first-order chi connectivity index (χ1) is 10.5. The summed E-state index contributed by atoms with van der Waals surface area (Å²) in [6, 6.07) is 11.1. The Hall–Kier alpha value is -1.78. The summed E-state index contributed by atoms with van der Waals surface area (Å²) >= 11 is 9.55. The van der Waals surface area contributed by atoms with Gasteiger partial charge in [0.25, 0.3) is 5.91 Å². The van der Waals surface area contributed by atoms with Gasteiger partial charge in [0.2, 0.25) is 0 Å². The summed E-state index contributed by atoms with van der Waals surface area (Å²) in [7, 11) is 0. The van der Waals surface area contributed by atoms with Crippen molar-refractivity contribution in [3.8, 4) is 0 Å². The fourth-order valence-electron chi connectivity index (χ4n) is 2.34. The van der Waals surface area contributed by atoms with Gasteiger partial charge in [0, 0.05) is 21.1 Å². The number of hydrogen-bond donors (Lipinski definition) is 1. The van der Waals surface area contributed by atoms with Crippen LogP contribution < -0.4 is 5.32 Å². The average Bonchev–Trinajstić information content (AvgIpc) is 2.82. The summed E-state index contributed by atoms with van der Waals surface area (Å²) in [4.78, 5) is 12.5. The largest absolute Gasteiger partial charge is 0.449 e. The van der Waals surface area contributed by atoms with Crippen molar-refractivity contribution in [1.82, 2.24) is 0 Å². The molecule has 0 atom stereocenters. The highest BCUT2D eigenvalue weighted by atomic mass is 79.9. The first kappa shape index (κ1) is 15.1. The van der Waals surface area contributed by atoms with Gasteiger partial charge in [-0.05, 0) is 43.7 Å². The molecule has 1 aromatic heterocycles. The molecule has 0 fully saturated rings. The lowest BCUT2D eigenvalue weighted by Gasteiger charge is -2.06. The maximum absolute atomic E-state index is 12.5. The number of carbonyl (C=O) groups excluding carboxylic acids is 1. The molecule has 0 unspecified atom stereocenters. The van der Waals surface area contributed by atoms with E-state index in [0.717, 1.165) is 26.7 Å². The highest BCUT2D eigenvalue weighted by Gasteiger charge is 2.19. The maximum Gasteiger partial charge on any atom is 0.291 e. The Morgan fingerprint density at radius 1 is 1.23 bits per heavy atom. The Bertz CT molecular complexity index is 886. The van der Waals surface area contributed by atoms with Crippen LogP contribution in [0.4, 0.5) is 5.69 Å². The first-order valence-electron chi connectivity index (χ1n) is 6.72. The van der Waals surface area contributed by atoms with Crippen LogP contribution in [0.15, 0.2) is 45.3 Å². The van der Waals surface area contributed by atoms with Crippen LogP contribution in [0.5, 0.6) is 0 Å². The van der Waals surface area contributed by atoms with E-state index in [0.29, 0.717) is 10.6 Å². The summed E-state index contributed by atoms with van der Waals surface area (Å²) < 4.78 is 6.66. The smallest absolute Gasteiger partial charge is 0.291 e. The molecule has 0 saturated heterocycles. The van der Waals surface area contributed by atoms with Crippen LogP contribution in [0.1, 0.15) is 21.7 Å². The van der Waals surface area contributed by atoms with Gasteiger partial charge in [0.1, 0.15) is 0 Å². The van der Waals surface area contributed by atoms with Crippen LogP contribution in [-0.4, -0.2) is 5.91 Å². The number of fused-ring (bicyclic) bond motifs is 1. The number of carbonyl (C=O) groups is 1. The molecular weight excluding hydrogens is 366 g/mol. The number of para-hydroxylation sites is 1. The standard InChI is InChI=1S/C17H13BrClNO2/c1-9-8-11(6-7-13(9)18)20-17(21)15-10(2)12-4-3-5-14(19)16(12)22-15/h3-8H,1-2H3,(H,20,21). The lowest BCUT2D eigenvalue weighted by Crippen LogP contribution is -2.12. The molecule has 5 heteroatoms. The van der Waals surface area contributed by atoms with Crippen LogP contribution >= 0.6 is 27.5 Å². The van der Waals surface area contributed by atoms with E-state index in [2.05, 4.69) is 21.2 Å². The zero-order chi connectivity index (χ0) is 15.9. The number of furan rings is 1. The highest BCUT2D eigenvalue weighted by Crippen LogP contribution is 2.31. The number of anilines is 1. The quantitative estimate of drug-likeness (QED) is 0.620. The van der Waals surface area contributed by atoms with E-state index in [-0.39, 0.29) is 11.7 Å². The number of amides is 1. The third-order valence-corrected chi connectivity index (χ3v) is 4.73. The van der Waals surface area contributed by atoms with Gasteiger partial charge in [-0.15, -0.1) is 0 Å². The van der Waals surface area contributed by atoms with Gasteiger partial charge in [0.15, 0.2) is 11.3 Å². The fourth-order valence-corrected chi connectivity index (χ4v) is 2.80. The number of benzene rings is 2. The summed E-state index contributed by atoms with van der Waals surface area (Å²) in [5, 5.41) is 4.20. The average molecular weight is 379 g/mol. The van der Waals surface area contributed by atoms with E-state index in [1.165, 1.54) is 0 Å². The normalized spacial score (nSPS) is 10.9. The van der Waals surface area contributed by atoms with Crippen LogP contribution in [0.3, 0.4) is 0 Å². The van der Waals surface area contributed by atoms with Gasteiger partial charge in [-0.1, -0.05) is 39.7 Å². The number of rotatable bonds is 2. The van der Waals surface area contributed by atoms with Gasteiger partial charge in [-0.2, -0.15) is 0 Å². The Labute approximate surface area is 141 Å². The molecule has 1 amide bonds. The monoisotopic (exact) mass is 377 g/mol. The predicted octanol–water partition coefficient (Wildman–Crippen LogP) is 5.72. The summed E-state index contributed by atoms with van der Waals surface area (Å²) in [5.74, 6) is -0.00448. The lowest BCUT2D eigenvalue weighted by molar-refractivity contribution is 0.0998. The molecule has 2 aromatic carbocycles. The number of nitrogens with one attached hydrogen (secondary N) is 1. The second-order valence-corrected chi connectivity index (χ2v) is 6.35. The number of halogens is 2. The summed E-state index contributed by atoms with van der Waals surface area (Å²) in [5.41, 5.74) is 3.08. The fraction of sp³-hybridized carbons (Fsp3) is 0.118. The zero-order valence-electron chi connectivity index (χ0n) is 12.0. The maximum atomic E-state index is 12.5. The Kier molecular flexibility index (Phi) is 3.98. The van der Waals surface area contributed by atoms with E-state index in [4.69, 9.17) is 16.0 Å². The molecule has 112 valence electrons. The minimum atomic E-state index is -0.286. The second-order valence-electron chi connectivity index (χ2n) is 5.09. The molecule has 0 saturated carbocycles. The van der Waals surface area contributed by atoms with Crippen molar-refractivity contribution in [2.24, 2.45) is 0 Å². The van der Waals surface area contributed by atoms with Crippen LogP contribution in [0, 0.1) is 13.8 Å².